The Morgan fingerprint density at radius 2 is 2.11 bits per heavy atom. The number of rotatable bonds is 7. The molecular formula is C16H24BrNO. The molecule has 1 aliphatic heterocycles. The van der Waals surface area contributed by atoms with Gasteiger partial charge in [-0.15, -0.1) is 0 Å². The van der Waals surface area contributed by atoms with Crippen LogP contribution in [0.4, 0.5) is 0 Å². The van der Waals surface area contributed by atoms with Crippen molar-refractivity contribution in [2.45, 2.75) is 37.6 Å². The van der Waals surface area contributed by atoms with Gasteiger partial charge < -0.3 is 5.11 Å². The van der Waals surface area contributed by atoms with Crippen molar-refractivity contribution in [2.24, 2.45) is 0 Å². The van der Waals surface area contributed by atoms with Crippen molar-refractivity contribution >= 4 is 15.9 Å². The van der Waals surface area contributed by atoms with Crippen molar-refractivity contribution in [3.63, 3.8) is 0 Å². The first kappa shape index (κ1) is 15.0. The van der Waals surface area contributed by atoms with Crippen molar-refractivity contribution in [3.05, 3.63) is 35.9 Å². The number of nitrogens with zero attached hydrogens (tertiary/aromatic N) is 1. The second-order valence-electron chi connectivity index (χ2n) is 5.42. The van der Waals surface area contributed by atoms with Crippen LogP contribution >= 0.6 is 15.9 Å². The first-order valence-corrected chi connectivity index (χ1v) is 8.43. The normalized spacial score (nSPS) is 21.7. The summed E-state index contributed by atoms with van der Waals surface area (Å²) in [6.45, 7) is 2.67. The fraction of sp³-hybridized carbons (Fsp3) is 0.625. The third-order valence-corrected chi connectivity index (χ3v) is 4.89. The molecule has 1 aromatic rings. The molecule has 1 heterocycles. The molecule has 2 atom stereocenters. The lowest BCUT2D eigenvalue weighted by molar-refractivity contribution is 0.210. The molecule has 3 heteroatoms. The van der Waals surface area contributed by atoms with E-state index in [-0.39, 0.29) is 0 Å². The van der Waals surface area contributed by atoms with Crippen molar-refractivity contribution in [2.75, 3.05) is 25.0 Å². The van der Waals surface area contributed by atoms with E-state index >= 15 is 0 Å². The highest BCUT2D eigenvalue weighted by molar-refractivity contribution is 9.09. The molecule has 2 rings (SSSR count). The van der Waals surface area contributed by atoms with E-state index in [1.807, 2.05) is 0 Å². The molecule has 106 valence electrons. The predicted octanol–water partition coefficient (Wildman–Crippen LogP) is 3.40. The average Bonchev–Trinajstić information content (AvgIpc) is 2.90. The molecule has 0 saturated carbocycles. The molecule has 0 amide bonds. The Morgan fingerprint density at radius 3 is 2.79 bits per heavy atom. The SMILES string of the molecule is OCCCC1CCCN1CC(CBr)c1ccccc1. The van der Waals surface area contributed by atoms with Gasteiger partial charge in [-0.1, -0.05) is 46.3 Å². The number of halogens is 1. The molecule has 0 aliphatic carbocycles. The third-order valence-electron chi connectivity index (χ3n) is 4.11. The zero-order chi connectivity index (χ0) is 13.5. The van der Waals surface area contributed by atoms with Gasteiger partial charge in [-0.05, 0) is 37.8 Å². The maximum atomic E-state index is 8.99. The van der Waals surface area contributed by atoms with Crippen molar-refractivity contribution in [3.8, 4) is 0 Å². The van der Waals surface area contributed by atoms with Crippen molar-refractivity contribution < 1.29 is 5.11 Å². The first-order chi connectivity index (χ1) is 9.35. The van der Waals surface area contributed by atoms with Gasteiger partial charge in [0.15, 0.2) is 0 Å². The molecule has 0 bridgehead atoms. The maximum Gasteiger partial charge on any atom is 0.0431 e. The number of alkyl halides is 1. The highest BCUT2D eigenvalue weighted by Gasteiger charge is 2.26. The smallest absolute Gasteiger partial charge is 0.0431 e. The van der Waals surface area contributed by atoms with Gasteiger partial charge in [0.25, 0.3) is 0 Å². The molecule has 2 unspecified atom stereocenters. The van der Waals surface area contributed by atoms with Crippen LogP contribution in [0.2, 0.25) is 0 Å². The molecule has 0 radical (unpaired) electrons. The second kappa shape index (κ2) is 8.03. The third kappa shape index (κ3) is 4.30. The standard InChI is InChI=1S/C16H24BrNO/c17-12-15(14-6-2-1-3-7-14)13-18-10-4-8-16(18)9-5-11-19/h1-3,6-7,15-16,19H,4-5,8-13H2. The van der Waals surface area contributed by atoms with Crippen LogP contribution in [0.15, 0.2) is 30.3 Å². The minimum absolute atomic E-state index is 0.324. The topological polar surface area (TPSA) is 23.5 Å². The number of hydrogen-bond donors (Lipinski definition) is 1. The molecule has 1 saturated heterocycles. The summed E-state index contributed by atoms with van der Waals surface area (Å²) in [7, 11) is 0. The lowest BCUT2D eigenvalue weighted by atomic mass is 10.00. The summed E-state index contributed by atoms with van der Waals surface area (Å²) in [6.07, 6.45) is 4.68. The van der Waals surface area contributed by atoms with Crippen LogP contribution in [-0.4, -0.2) is 41.1 Å². The summed E-state index contributed by atoms with van der Waals surface area (Å²) in [6, 6.07) is 11.5. The van der Waals surface area contributed by atoms with E-state index in [1.54, 1.807) is 0 Å². The van der Waals surface area contributed by atoms with E-state index in [9.17, 15) is 0 Å². The van der Waals surface area contributed by atoms with Gasteiger partial charge in [0.2, 0.25) is 0 Å². The Kier molecular flexibility index (Phi) is 6.35. The highest BCUT2D eigenvalue weighted by Crippen LogP contribution is 2.26. The molecule has 19 heavy (non-hydrogen) atoms. The lowest BCUT2D eigenvalue weighted by Gasteiger charge is -2.28. The average molecular weight is 326 g/mol. The first-order valence-electron chi connectivity index (χ1n) is 7.31. The summed E-state index contributed by atoms with van der Waals surface area (Å²) in [4.78, 5) is 2.62. The quantitative estimate of drug-likeness (QED) is 0.776. The number of aliphatic hydroxyl groups is 1. The van der Waals surface area contributed by atoms with Gasteiger partial charge >= 0.3 is 0 Å². The van der Waals surface area contributed by atoms with E-state index in [0.29, 0.717) is 18.6 Å². The van der Waals surface area contributed by atoms with Crippen LogP contribution in [0.25, 0.3) is 0 Å². The Balaban J connectivity index is 1.94. The van der Waals surface area contributed by atoms with Gasteiger partial charge in [0, 0.05) is 30.4 Å². The maximum absolute atomic E-state index is 8.99. The number of likely N-dealkylation sites (tertiary alicyclic amines) is 1. The fourth-order valence-electron chi connectivity index (χ4n) is 3.04. The predicted molar refractivity (Wildman–Crippen MR) is 83.9 cm³/mol. The van der Waals surface area contributed by atoms with Crippen LogP contribution in [-0.2, 0) is 0 Å². The Bertz CT molecular complexity index is 357. The van der Waals surface area contributed by atoms with Crippen LogP contribution in [0.5, 0.6) is 0 Å². The zero-order valence-electron chi connectivity index (χ0n) is 11.5. The van der Waals surface area contributed by atoms with Crippen molar-refractivity contribution in [1.29, 1.82) is 0 Å². The van der Waals surface area contributed by atoms with Crippen LogP contribution in [0, 0.1) is 0 Å². The van der Waals surface area contributed by atoms with E-state index < -0.39 is 0 Å². The van der Waals surface area contributed by atoms with E-state index in [1.165, 1.54) is 24.9 Å². The Hall–Kier alpha value is -0.380. The van der Waals surface area contributed by atoms with Crippen LogP contribution in [0.1, 0.15) is 37.2 Å². The van der Waals surface area contributed by atoms with Crippen LogP contribution in [0.3, 0.4) is 0 Å². The van der Waals surface area contributed by atoms with Crippen LogP contribution < -0.4 is 0 Å². The highest BCUT2D eigenvalue weighted by atomic mass is 79.9. The van der Waals surface area contributed by atoms with E-state index in [2.05, 4.69) is 51.2 Å². The minimum Gasteiger partial charge on any atom is -0.396 e. The summed E-state index contributed by atoms with van der Waals surface area (Å²) in [5, 5.41) is 10.0. The lowest BCUT2D eigenvalue weighted by Crippen LogP contribution is -2.34. The van der Waals surface area contributed by atoms with E-state index in [0.717, 1.165) is 24.7 Å². The van der Waals surface area contributed by atoms with Gasteiger partial charge in [0.05, 0.1) is 0 Å². The van der Waals surface area contributed by atoms with Gasteiger partial charge in [0.1, 0.15) is 0 Å². The summed E-state index contributed by atoms with van der Waals surface area (Å²) in [5.41, 5.74) is 1.42. The van der Waals surface area contributed by atoms with Gasteiger partial charge in [-0.3, -0.25) is 4.90 Å². The van der Waals surface area contributed by atoms with Gasteiger partial charge in [-0.2, -0.15) is 0 Å². The molecular weight excluding hydrogens is 302 g/mol. The fourth-order valence-corrected chi connectivity index (χ4v) is 3.62. The number of aliphatic hydroxyl groups excluding tert-OH is 1. The molecule has 1 N–H and O–H groups in total. The molecule has 0 aromatic heterocycles. The summed E-state index contributed by atoms with van der Waals surface area (Å²) >= 11 is 3.67. The summed E-state index contributed by atoms with van der Waals surface area (Å²) in [5.74, 6) is 0.566. The monoisotopic (exact) mass is 325 g/mol. The Labute approximate surface area is 124 Å². The number of benzene rings is 1. The number of hydrogen-bond acceptors (Lipinski definition) is 2. The second-order valence-corrected chi connectivity index (χ2v) is 6.07. The van der Waals surface area contributed by atoms with Gasteiger partial charge in [-0.25, -0.2) is 0 Å². The Morgan fingerprint density at radius 1 is 1.32 bits per heavy atom. The molecule has 1 aliphatic rings. The summed E-state index contributed by atoms with van der Waals surface area (Å²) < 4.78 is 0. The van der Waals surface area contributed by atoms with E-state index in [4.69, 9.17) is 5.11 Å². The van der Waals surface area contributed by atoms with Crippen molar-refractivity contribution in [1.82, 2.24) is 4.90 Å². The zero-order valence-corrected chi connectivity index (χ0v) is 13.1. The molecule has 0 spiro atoms. The largest absolute Gasteiger partial charge is 0.396 e. The molecule has 1 aromatic carbocycles. The minimum atomic E-state index is 0.324. The molecule has 2 nitrogen and oxygen atoms in total. The molecule has 1 fully saturated rings.